The lowest BCUT2D eigenvalue weighted by atomic mass is 9.98. The number of likely N-dealkylation sites (tertiary alicyclic amines) is 1. The molecule has 1 aromatic heterocycles. The van der Waals surface area contributed by atoms with Gasteiger partial charge in [0.15, 0.2) is 0 Å². The minimum absolute atomic E-state index is 0.0646. The fourth-order valence-electron chi connectivity index (χ4n) is 2.98. The Bertz CT molecular complexity index is 863. The van der Waals surface area contributed by atoms with Crippen LogP contribution in [-0.2, 0) is 10.0 Å². The highest BCUT2D eigenvalue weighted by Crippen LogP contribution is 2.36. The molecule has 1 aliphatic heterocycles. The van der Waals surface area contributed by atoms with Crippen molar-refractivity contribution in [3.05, 3.63) is 34.2 Å². The predicted molar refractivity (Wildman–Crippen MR) is 98.3 cm³/mol. The number of benzene rings is 1. The van der Waals surface area contributed by atoms with E-state index in [1.54, 1.807) is 4.90 Å². The fourth-order valence-corrected chi connectivity index (χ4v) is 5.00. The number of piperidine rings is 1. The second kappa shape index (κ2) is 7.00. The van der Waals surface area contributed by atoms with E-state index in [1.165, 1.54) is 11.3 Å². The van der Waals surface area contributed by atoms with Crippen molar-refractivity contribution in [1.82, 2.24) is 9.62 Å². The van der Waals surface area contributed by atoms with Gasteiger partial charge in [0.05, 0.1) is 11.3 Å². The average molecular weight is 387 g/mol. The summed E-state index contributed by atoms with van der Waals surface area (Å²) in [5.41, 5.74) is 0. The van der Waals surface area contributed by atoms with Gasteiger partial charge in [-0.25, -0.2) is 13.1 Å². The lowest BCUT2D eigenvalue weighted by Gasteiger charge is -2.32. The molecule has 1 unspecified atom stereocenters. The zero-order valence-corrected chi connectivity index (χ0v) is 15.7. The monoisotopic (exact) mass is 386 g/mol. The van der Waals surface area contributed by atoms with Crippen LogP contribution in [0.5, 0.6) is 0 Å². The van der Waals surface area contributed by atoms with Crippen LogP contribution in [0.25, 0.3) is 10.1 Å². The molecule has 24 heavy (non-hydrogen) atoms. The number of nitrogens with zero attached hydrogens (tertiary/aromatic N) is 1. The van der Waals surface area contributed by atoms with E-state index in [2.05, 4.69) is 4.72 Å². The molecular weight excluding hydrogens is 368 g/mol. The SMILES string of the molecule is CS(=O)(=O)NCC1CCCN(C(=O)c2sc3ccccc3c2Cl)C1. The summed E-state index contributed by atoms with van der Waals surface area (Å²) in [6.07, 6.45) is 2.92. The first-order chi connectivity index (χ1) is 11.3. The van der Waals surface area contributed by atoms with Gasteiger partial charge in [-0.3, -0.25) is 4.79 Å². The first-order valence-corrected chi connectivity index (χ1v) is 10.8. The van der Waals surface area contributed by atoms with Gasteiger partial charge in [-0.15, -0.1) is 11.3 Å². The van der Waals surface area contributed by atoms with E-state index in [-0.39, 0.29) is 11.8 Å². The van der Waals surface area contributed by atoms with Crippen molar-refractivity contribution in [2.24, 2.45) is 5.92 Å². The van der Waals surface area contributed by atoms with Crippen molar-refractivity contribution in [2.45, 2.75) is 12.8 Å². The molecule has 2 aromatic rings. The third-order valence-corrected chi connectivity index (χ3v) is 6.52. The van der Waals surface area contributed by atoms with E-state index in [0.29, 0.717) is 29.5 Å². The summed E-state index contributed by atoms with van der Waals surface area (Å²) in [6.45, 7) is 1.59. The van der Waals surface area contributed by atoms with E-state index in [1.807, 2.05) is 24.3 Å². The normalized spacial score (nSPS) is 18.9. The molecule has 0 radical (unpaired) electrons. The van der Waals surface area contributed by atoms with Crippen LogP contribution in [0.1, 0.15) is 22.5 Å². The smallest absolute Gasteiger partial charge is 0.265 e. The molecule has 1 amide bonds. The number of amides is 1. The lowest BCUT2D eigenvalue weighted by molar-refractivity contribution is 0.0681. The maximum Gasteiger partial charge on any atom is 0.265 e. The zero-order valence-electron chi connectivity index (χ0n) is 13.3. The Morgan fingerprint density at radius 1 is 1.42 bits per heavy atom. The molecule has 0 saturated carbocycles. The minimum atomic E-state index is -3.21. The Balaban J connectivity index is 1.75. The van der Waals surface area contributed by atoms with Crippen LogP contribution in [0.4, 0.5) is 0 Å². The molecular formula is C16H19ClN2O3S2. The minimum Gasteiger partial charge on any atom is -0.338 e. The lowest BCUT2D eigenvalue weighted by Crippen LogP contribution is -2.43. The number of halogens is 1. The molecule has 1 fully saturated rings. The molecule has 1 aromatic carbocycles. The number of hydrogen-bond acceptors (Lipinski definition) is 4. The van der Waals surface area contributed by atoms with E-state index in [0.717, 1.165) is 29.2 Å². The third-order valence-electron chi connectivity index (χ3n) is 4.17. The average Bonchev–Trinajstić information content (AvgIpc) is 2.89. The third kappa shape index (κ3) is 3.91. The molecule has 8 heteroatoms. The Hall–Kier alpha value is -1.15. The fraction of sp³-hybridized carbons (Fsp3) is 0.438. The number of thiophene rings is 1. The van der Waals surface area contributed by atoms with Crippen LogP contribution >= 0.6 is 22.9 Å². The maximum atomic E-state index is 12.9. The highest BCUT2D eigenvalue weighted by atomic mass is 35.5. The highest BCUT2D eigenvalue weighted by molar-refractivity contribution is 7.88. The van der Waals surface area contributed by atoms with Gasteiger partial charge in [0, 0.05) is 29.7 Å². The van der Waals surface area contributed by atoms with Crippen LogP contribution in [0, 0.1) is 5.92 Å². The van der Waals surface area contributed by atoms with E-state index >= 15 is 0 Å². The van der Waals surface area contributed by atoms with Crippen molar-refractivity contribution < 1.29 is 13.2 Å². The Morgan fingerprint density at radius 2 is 2.17 bits per heavy atom. The number of nitrogens with one attached hydrogen (secondary N) is 1. The van der Waals surface area contributed by atoms with Crippen LogP contribution in [-0.4, -0.2) is 45.1 Å². The van der Waals surface area contributed by atoms with Gasteiger partial charge in [-0.1, -0.05) is 29.8 Å². The van der Waals surface area contributed by atoms with Gasteiger partial charge in [0.2, 0.25) is 10.0 Å². The first-order valence-electron chi connectivity index (χ1n) is 7.76. The second-order valence-electron chi connectivity index (χ2n) is 6.12. The van der Waals surface area contributed by atoms with Crippen LogP contribution in [0.2, 0.25) is 5.02 Å². The molecule has 1 aliphatic rings. The van der Waals surface area contributed by atoms with Crippen LogP contribution < -0.4 is 4.72 Å². The first kappa shape index (κ1) is 17.7. The van der Waals surface area contributed by atoms with E-state index in [4.69, 9.17) is 11.6 Å². The number of hydrogen-bond donors (Lipinski definition) is 1. The van der Waals surface area contributed by atoms with E-state index < -0.39 is 10.0 Å². The quantitative estimate of drug-likeness (QED) is 0.878. The molecule has 3 rings (SSSR count). The molecule has 0 spiro atoms. The van der Waals surface area contributed by atoms with Gasteiger partial charge >= 0.3 is 0 Å². The van der Waals surface area contributed by atoms with Crippen molar-refractivity contribution >= 4 is 49.0 Å². The molecule has 1 atom stereocenters. The summed E-state index contributed by atoms with van der Waals surface area (Å²) in [5, 5.41) is 1.41. The number of fused-ring (bicyclic) bond motifs is 1. The standard InChI is InChI=1S/C16H19ClN2O3S2/c1-24(21,22)18-9-11-5-4-8-19(10-11)16(20)15-14(17)12-6-2-3-7-13(12)23-15/h2-3,6-7,11,18H,4-5,8-10H2,1H3. The summed E-state index contributed by atoms with van der Waals surface area (Å²) in [7, 11) is -3.21. The van der Waals surface area contributed by atoms with Crippen molar-refractivity contribution in [2.75, 3.05) is 25.9 Å². The Labute approximate surface area is 150 Å². The summed E-state index contributed by atoms with van der Waals surface area (Å²) < 4.78 is 26.0. The maximum absolute atomic E-state index is 12.9. The number of rotatable bonds is 4. The van der Waals surface area contributed by atoms with E-state index in [9.17, 15) is 13.2 Å². The molecule has 0 bridgehead atoms. The molecule has 1 saturated heterocycles. The topological polar surface area (TPSA) is 66.5 Å². The zero-order chi connectivity index (χ0) is 17.3. The van der Waals surface area contributed by atoms with Crippen LogP contribution in [0.3, 0.4) is 0 Å². The summed E-state index contributed by atoms with van der Waals surface area (Å²) in [6, 6.07) is 7.71. The summed E-state index contributed by atoms with van der Waals surface area (Å²) in [4.78, 5) is 15.2. The van der Waals surface area contributed by atoms with Gasteiger partial charge in [-0.2, -0.15) is 0 Å². The Morgan fingerprint density at radius 3 is 2.88 bits per heavy atom. The molecule has 130 valence electrons. The largest absolute Gasteiger partial charge is 0.338 e. The molecule has 0 aliphatic carbocycles. The number of carbonyl (C=O) groups is 1. The molecule has 5 nitrogen and oxygen atoms in total. The molecule has 2 heterocycles. The second-order valence-corrected chi connectivity index (χ2v) is 9.38. The van der Waals surface area contributed by atoms with Crippen molar-refractivity contribution in [3.63, 3.8) is 0 Å². The van der Waals surface area contributed by atoms with Gasteiger partial charge in [-0.05, 0) is 24.8 Å². The van der Waals surface area contributed by atoms with Crippen molar-refractivity contribution in [3.8, 4) is 0 Å². The number of sulfonamides is 1. The summed E-state index contributed by atoms with van der Waals surface area (Å²) in [5.74, 6) is 0.0656. The van der Waals surface area contributed by atoms with Gasteiger partial charge < -0.3 is 4.90 Å². The molecule has 1 N–H and O–H groups in total. The summed E-state index contributed by atoms with van der Waals surface area (Å²) >= 11 is 7.81. The van der Waals surface area contributed by atoms with Gasteiger partial charge in [0.1, 0.15) is 4.88 Å². The number of carbonyl (C=O) groups excluding carboxylic acids is 1. The van der Waals surface area contributed by atoms with Gasteiger partial charge in [0.25, 0.3) is 5.91 Å². The highest BCUT2D eigenvalue weighted by Gasteiger charge is 2.27. The van der Waals surface area contributed by atoms with Crippen molar-refractivity contribution in [1.29, 1.82) is 0 Å². The Kier molecular flexibility index (Phi) is 5.15. The predicted octanol–water partition coefficient (Wildman–Crippen LogP) is 2.96. The van der Waals surface area contributed by atoms with Crippen LogP contribution in [0.15, 0.2) is 24.3 Å².